The molecule has 1 saturated heterocycles. The van der Waals surface area contributed by atoms with E-state index < -0.39 is 0 Å². The van der Waals surface area contributed by atoms with Crippen LogP contribution >= 0.6 is 0 Å². The summed E-state index contributed by atoms with van der Waals surface area (Å²) in [5.41, 5.74) is 0. The zero-order valence-corrected chi connectivity index (χ0v) is 10.4. The molecule has 1 atom stereocenters. The van der Waals surface area contributed by atoms with Crippen LogP contribution in [0.4, 0.5) is 0 Å². The monoisotopic (exact) mass is 227 g/mol. The van der Waals surface area contributed by atoms with Crippen LogP contribution in [0.3, 0.4) is 0 Å². The SMILES string of the molecule is CN1CCCN(CC(CO)NC2CC2)CC1. The lowest BCUT2D eigenvalue weighted by molar-refractivity contribution is 0.182. The highest BCUT2D eigenvalue weighted by atomic mass is 16.3. The van der Waals surface area contributed by atoms with Crippen molar-refractivity contribution in [3.8, 4) is 0 Å². The number of rotatable bonds is 5. The minimum absolute atomic E-state index is 0.267. The Kier molecular flexibility index (Phi) is 4.58. The van der Waals surface area contributed by atoms with E-state index in [4.69, 9.17) is 0 Å². The van der Waals surface area contributed by atoms with Crippen LogP contribution in [0, 0.1) is 0 Å². The fraction of sp³-hybridized carbons (Fsp3) is 1.00. The second-order valence-electron chi connectivity index (χ2n) is 5.28. The van der Waals surface area contributed by atoms with Crippen molar-refractivity contribution in [2.45, 2.75) is 31.3 Å². The number of nitrogens with one attached hydrogen (secondary N) is 1. The van der Waals surface area contributed by atoms with Crippen molar-refractivity contribution >= 4 is 0 Å². The Hall–Kier alpha value is -0.160. The molecule has 2 fully saturated rings. The molecule has 0 amide bonds. The Balaban J connectivity index is 1.72. The molecule has 1 aliphatic carbocycles. The average Bonchev–Trinajstić information content (AvgIpc) is 3.08. The van der Waals surface area contributed by atoms with Gasteiger partial charge >= 0.3 is 0 Å². The van der Waals surface area contributed by atoms with E-state index in [-0.39, 0.29) is 12.6 Å². The van der Waals surface area contributed by atoms with Crippen LogP contribution in [0.25, 0.3) is 0 Å². The second-order valence-corrected chi connectivity index (χ2v) is 5.28. The van der Waals surface area contributed by atoms with Crippen molar-refractivity contribution in [1.82, 2.24) is 15.1 Å². The molecule has 4 nitrogen and oxygen atoms in total. The summed E-state index contributed by atoms with van der Waals surface area (Å²) in [7, 11) is 2.19. The molecule has 0 spiro atoms. The third-order valence-electron chi connectivity index (χ3n) is 3.56. The van der Waals surface area contributed by atoms with E-state index in [9.17, 15) is 5.11 Å². The molecule has 1 aliphatic heterocycles. The zero-order chi connectivity index (χ0) is 11.4. The summed E-state index contributed by atoms with van der Waals surface area (Å²) in [5.74, 6) is 0. The highest BCUT2D eigenvalue weighted by Crippen LogP contribution is 2.19. The van der Waals surface area contributed by atoms with Crippen LogP contribution < -0.4 is 5.32 Å². The predicted molar refractivity (Wildman–Crippen MR) is 65.6 cm³/mol. The zero-order valence-electron chi connectivity index (χ0n) is 10.4. The maximum absolute atomic E-state index is 9.36. The lowest BCUT2D eigenvalue weighted by atomic mass is 10.2. The molecule has 0 radical (unpaired) electrons. The molecule has 1 unspecified atom stereocenters. The predicted octanol–water partition coefficient (Wildman–Crippen LogP) is -0.263. The van der Waals surface area contributed by atoms with Crippen LogP contribution in [0.15, 0.2) is 0 Å². The molecule has 2 N–H and O–H groups in total. The standard InChI is InChI=1S/C12H25N3O/c1-14-5-2-6-15(8-7-14)9-12(10-16)13-11-3-4-11/h11-13,16H,2-10H2,1H3. The van der Waals surface area contributed by atoms with Gasteiger partial charge in [-0.2, -0.15) is 0 Å². The summed E-state index contributed by atoms with van der Waals surface area (Å²) in [4.78, 5) is 4.88. The molecular formula is C12H25N3O. The number of aliphatic hydroxyl groups excluding tert-OH is 1. The molecule has 0 bridgehead atoms. The summed E-state index contributed by atoms with van der Waals surface area (Å²) in [5, 5.41) is 12.9. The van der Waals surface area contributed by atoms with Crippen LogP contribution in [0.2, 0.25) is 0 Å². The molecule has 1 saturated carbocycles. The van der Waals surface area contributed by atoms with Gasteiger partial charge in [-0.15, -0.1) is 0 Å². The minimum atomic E-state index is 0.267. The van der Waals surface area contributed by atoms with Gasteiger partial charge in [0.25, 0.3) is 0 Å². The summed E-state index contributed by atoms with van der Waals surface area (Å²) in [6.07, 6.45) is 3.83. The van der Waals surface area contributed by atoms with E-state index in [1.165, 1.54) is 32.4 Å². The number of hydrogen-bond donors (Lipinski definition) is 2. The molecule has 1 heterocycles. The molecule has 0 aromatic heterocycles. The smallest absolute Gasteiger partial charge is 0.0597 e. The van der Waals surface area contributed by atoms with Crippen LogP contribution in [-0.4, -0.2) is 73.4 Å². The van der Waals surface area contributed by atoms with E-state index in [0.717, 1.165) is 19.6 Å². The fourth-order valence-electron chi connectivity index (χ4n) is 2.34. The van der Waals surface area contributed by atoms with Gasteiger partial charge in [-0.1, -0.05) is 0 Å². The summed E-state index contributed by atoms with van der Waals surface area (Å²) in [6.45, 7) is 5.94. The maximum Gasteiger partial charge on any atom is 0.0597 e. The Labute approximate surface area is 98.6 Å². The topological polar surface area (TPSA) is 38.7 Å². The molecule has 0 aromatic carbocycles. The average molecular weight is 227 g/mol. The number of hydrogen-bond acceptors (Lipinski definition) is 4. The quantitative estimate of drug-likeness (QED) is 0.678. The van der Waals surface area contributed by atoms with Crippen molar-refractivity contribution in [3.63, 3.8) is 0 Å². The van der Waals surface area contributed by atoms with Gasteiger partial charge in [0, 0.05) is 31.7 Å². The van der Waals surface area contributed by atoms with Gasteiger partial charge in [0.1, 0.15) is 0 Å². The molecule has 0 aromatic rings. The van der Waals surface area contributed by atoms with Gasteiger partial charge in [0.15, 0.2) is 0 Å². The summed E-state index contributed by atoms with van der Waals surface area (Å²) in [6, 6.07) is 0.961. The maximum atomic E-state index is 9.36. The van der Waals surface area contributed by atoms with E-state index >= 15 is 0 Å². The summed E-state index contributed by atoms with van der Waals surface area (Å²) < 4.78 is 0. The van der Waals surface area contributed by atoms with Crippen molar-refractivity contribution in [2.24, 2.45) is 0 Å². The second kappa shape index (κ2) is 5.96. The van der Waals surface area contributed by atoms with Gasteiger partial charge in [-0.25, -0.2) is 0 Å². The lowest BCUT2D eigenvalue weighted by Crippen LogP contribution is -2.45. The van der Waals surface area contributed by atoms with Crippen LogP contribution in [-0.2, 0) is 0 Å². The van der Waals surface area contributed by atoms with Gasteiger partial charge in [0.2, 0.25) is 0 Å². The first kappa shape index (κ1) is 12.3. The normalized spacial score (nSPS) is 26.6. The highest BCUT2D eigenvalue weighted by molar-refractivity contribution is 4.86. The van der Waals surface area contributed by atoms with Crippen LogP contribution in [0.1, 0.15) is 19.3 Å². The van der Waals surface area contributed by atoms with Gasteiger partial charge in [0.05, 0.1) is 6.61 Å². The van der Waals surface area contributed by atoms with E-state index in [1.54, 1.807) is 0 Å². The van der Waals surface area contributed by atoms with Crippen molar-refractivity contribution in [2.75, 3.05) is 46.4 Å². The van der Waals surface area contributed by atoms with E-state index in [1.807, 2.05) is 0 Å². The van der Waals surface area contributed by atoms with Crippen molar-refractivity contribution in [3.05, 3.63) is 0 Å². The summed E-state index contributed by atoms with van der Waals surface area (Å²) >= 11 is 0. The Morgan fingerprint density at radius 3 is 2.75 bits per heavy atom. The van der Waals surface area contributed by atoms with Crippen molar-refractivity contribution < 1.29 is 5.11 Å². The first-order valence-corrected chi connectivity index (χ1v) is 6.55. The van der Waals surface area contributed by atoms with Crippen LogP contribution in [0.5, 0.6) is 0 Å². The molecular weight excluding hydrogens is 202 g/mol. The Morgan fingerprint density at radius 2 is 2.06 bits per heavy atom. The lowest BCUT2D eigenvalue weighted by Gasteiger charge is -2.25. The third-order valence-corrected chi connectivity index (χ3v) is 3.56. The van der Waals surface area contributed by atoms with E-state index in [0.29, 0.717) is 6.04 Å². The fourth-order valence-corrected chi connectivity index (χ4v) is 2.34. The highest BCUT2D eigenvalue weighted by Gasteiger charge is 2.25. The largest absolute Gasteiger partial charge is 0.395 e. The number of nitrogens with zero attached hydrogens (tertiary/aromatic N) is 2. The molecule has 16 heavy (non-hydrogen) atoms. The first-order chi connectivity index (χ1) is 7.78. The van der Waals surface area contributed by atoms with Gasteiger partial charge < -0.3 is 20.2 Å². The van der Waals surface area contributed by atoms with E-state index in [2.05, 4.69) is 22.2 Å². The Bertz CT molecular complexity index is 208. The van der Waals surface area contributed by atoms with Gasteiger partial charge in [-0.3, -0.25) is 0 Å². The number of aliphatic hydroxyl groups is 1. The Morgan fingerprint density at radius 1 is 1.25 bits per heavy atom. The molecule has 4 heteroatoms. The van der Waals surface area contributed by atoms with Gasteiger partial charge in [-0.05, 0) is 39.4 Å². The minimum Gasteiger partial charge on any atom is -0.395 e. The number of likely N-dealkylation sites (N-methyl/N-ethyl adjacent to an activating group) is 1. The molecule has 2 aliphatic rings. The molecule has 2 rings (SSSR count). The first-order valence-electron chi connectivity index (χ1n) is 6.55. The molecule has 94 valence electrons. The third kappa shape index (κ3) is 4.01. The van der Waals surface area contributed by atoms with Crippen molar-refractivity contribution in [1.29, 1.82) is 0 Å².